The zero-order valence-electron chi connectivity index (χ0n) is 19.6. The summed E-state index contributed by atoms with van der Waals surface area (Å²) in [4.78, 5) is 39.1. The van der Waals surface area contributed by atoms with E-state index >= 15 is 0 Å². The largest absolute Gasteiger partial charge is 0.493 e. The predicted molar refractivity (Wildman–Crippen MR) is 141 cm³/mol. The molecule has 0 atom stereocenters. The van der Waals surface area contributed by atoms with Gasteiger partial charge in [0.1, 0.15) is 0 Å². The zero-order chi connectivity index (χ0) is 25.7. The molecule has 4 rings (SSSR count). The monoisotopic (exact) mass is 522 g/mol. The number of para-hydroxylation sites is 1. The van der Waals surface area contributed by atoms with Gasteiger partial charge in [0.05, 0.1) is 18.6 Å². The molecule has 0 aromatic heterocycles. The molecule has 36 heavy (non-hydrogen) atoms. The van der Waals surface area contributed by atoms with E-state index in [-0.39, 0.29) is 30.2 Å². The lowest BCUT2D eigenvalue weighted by molar-refractivity contribution is -0.123. The molecule has 0 spiro atoms. The number of carbonyl (C=O) groups is 3. The standard InChI is InChI=1S/C27H23ClN2O5S/c1-17-6-3-4-9-21(17)29-25(31)16-35-22-11-10-18(13-23(22)34-2)14-24-26(32)30(27(33)36-24)15-19-7-5-8-20(28)12-19/h3-14H,15-16H2,1-2H3,(H,29,31)/b24-14-. The minimum Gasteiger partial charge on any atom is -0.493 e. The van der Waals surface area contributed by atoms with E-state index < -0.39 is 0 Å². The van der Waals surface area contributed by atoms with Gasteiger partial charge in [0, 0.05) is 10.7 Å². The van der Waals surface area contributed by atoms with Gasteiger partial charge in [-0.2, -0.15) is 0 Å². The number of imide groups is 1. The molecule has 1 heterocycles. The summed E-state index contributed by atoms with van der Waals surface area (Å²) >= 11 is 6.89. The number of aryl methyl sites for hydroxylation is 1. The summed E-state index contributed by atoms with van der Waals surface area (Å²) in [6.07, 6.45) is 1.63. The summed E-state index contributed by atoms with van der Waals surface area (Å²) in [5, 5.41) is 3.00. The Labute approximate surface area is 218 Å². The topological polar surface area (TPSA) is 84.9 Å². The van der Waals surface area contributed by atoms with Crippen molar-refractivity contribution in [1.82, 2.24) is 4.90 Å². The van der Waals surface area contributed by atoms with Crippen molar-refractivity contribution >= 4 is 52.2 Å². The number of methoxy groups -OCH3 is 1. The van der Waals surface area contributed by atoms with Crippen LogP contribution in [0, 0.1) is 6.92 Å². The number of benzene rings is 3. The molecule has 9 heteroatoms. The highest BCUT2D eigenvalue weighted by atomic mass is 35.5. The summed E-state index contributed by atoms with van der Waals surface area (Å²) in [7, 11) is 1.48. The molecule has 1 aliphatic heterocycles. The molecular weight excluding hydrogens is 500 g/mol. The molecular formula is C27H23ClN2O5S. The lowest BCUT2D eigenvalue weighted by atomic mass is 10.1. The van der Waals surface area contributed by atoms with Crippen LogP contribution in [0.15, 0.2) is 71.6 Å². The number of thioether (sulfide) groups is 1. The van der Waals surface area contributed by atoms with E-state index in [2.05, 4.69) is 5.32 Å². The average molecular weight is 523 g/mol. The van der Waals surface area contributed by atoms with Crippen molar-refractivity contribution < 1.29 is 23.9 Å². The van der Waals surface area contributed by atoms with Crippen molar-refractivity contribution in [2.24, 2.45) is 0 Å². The van der Waals surface area contributed by atoms with E-state index in [0.29, 0.717) is 27.0 Å². The van der Waals surface area contributed by atoms with Crippen molar-refractivity contribution in [1.29, 1.82) is 0 Å². The number of hydrogen-bond donors (Lipinski definition) is 1. The normalized spacial score (nSPS) is 14.3. The Morgan fingerprint density at radius 1 is 1.06 bits per heavy atom. The van der Waals surface area contributed by atoms with Crippen LogP contribution in [0.3, 0.4) is 0 Å². The van der Waals surface area contributed by atoms with Crippen LogP contribution >= 0.6 is 23.4 Å². The number of halogens is 1. The average Bonchev–Trinajstić information content (AvgIpc) is 3.12. The van der Waals surface area contributed by atoms with Crippen LogP contribution in [-0.4, -0.2) is 35.7 Å². The highest BCUT2D eigenvalue weighted by molar-refractivity contribution is 8.18. The van der Waals surface area contributed by atoms with Crippen LogP contribution in [-0.2, 0) is 16.1 Å². The number of nitrogens with one attached hydrogen (secondary N) is 1. The maximum absolute atomic E-state index is 12.9. The molecule has 3 amide bonds. The minimum atomic E-state index is -0.378. The second-order valence-corrected chi connectivity index (χ2v) is 9.39. The van der Waals surface area contributed by atoms with Gasteiger partial charge in [0.15, 0.2) is 18.1 Å². The fourth-order valence-electron chi connectivity index (χ4n) is 3.54. The van der Waals surface area contributed by atoms with Gasteiger partial charge in [-0.05, 0) is 71.8 Å². The Balaban J connectivity index is 1.42. The third kappa shape index (κ3) is 6.08. The fourth-order valence-corrected chi connectivity index (χ4v) is 4.59. The summed E-state index contributed by atoms with van der Waals surface area (Å²) in [6, 6.07) is 19.6. The molecule has 184 valence electrons. The van der Waals surface area contributed by atoms with Gasteiger partial charge in [-0.25, -0.2) is 0 Å². The molecule has 3 aromatic rings. The Morgan fingerprint density at radius 3 is 2.61 bits per heavy atom. The van der Waals surface area contributed by atoms with Gasteiger partial charge < -0.3 is 14.8 Å². The first-order valence-corrected chi connectivity index (χ1v) is 12.2. The van der Waals surface area contributed by atoms with Crippen molar-refractivity contribution in [3.05, 3.63) is 93.3 Å². The van der Waals surface area contributed by atoms with Crippen LogP contribution in [0.2, 0.25) is 5.02 Å². The molecule has 0 radical (unpaired) electrons. The van der Waals surface area contributed by atoms with Gasteiger partial charge in [-0.1, -0.05) is 48.0 Å². The van der Waals surface area contributed by atoms with Crippen LogP contribution in [0.25, 0.3) is 6.08 Å². The van der Waals surface area contributed by atoms with Crippen molar-refractivity contribution in [2.45, 2.75) is 13.5 Å². The second-order valence-electron chi connectivity index (χ2n) is 7.96. The number of nitrogens with zero attached hydrogens (tertiary/aromatic N) is 1. The Hall–Kier alpha value is -3.75. The molecule has 1 fully saturated rings. The number of carbonyl (C=O) groups excluding carboxylic acids is 3. The van der Waals surface area contributed by atoms with Crippen LogP contribution < -0.4 is 14.8 Å². The first-order valence-electron chi connectivity index (χ1n) is 11.0. The van der Waals surface area contributed by atoms with Gasteiger partial charge in [0.2, 0.25) is 0 Å². The second kappa shape index (κ2) is 11.3. The van der Waals surface area contributed by atoms with Crippen LogP contribution in [0.5, 0.6) is 11.5 Å². The smallest absolute Gasteiger partial charge is 0.293 e. The molecule has 7 nitrogen and oxygen atoms in total. The third-order valence-electron chi connectivity index (χ3n) is 5.37. The molecule has 0 unspecified atom stereocenters. The molecule has 1 N–H and O–H groups in total. The van der Waals surface area contributed by atoms with Gasteiger partial charge in [-0.15, -0.1) is 0 Å². The molecule has 0 bridgehead atoms. The Kier molecular flexibility index (Phi) is 7.97. The molecule has 0 aliphatic carbocycles. The third-order valence-corrected chi connectivity index (χ3v) is 6.51. The summed E-state index contributed by atoms with van der Waals surface area (Å²) < 4.78 is 11.1. The number of hydrogen-bond acceptors (Lipinski definition) is 6. The van der Waals surface area contributed by atoms with Crippen molar-refractivity contribution in [3.8, 4) is 11.5 Å². The quantitative estimate of drug-likeness (QED) is 0.370. The predicted octanol–water partition coefficient (Wildman–Crippen LogP) is 5.91. The van der Waals surface area contributed by atoms with Gasteiger partial charge in [-0.3, -0.25) is 19.3 Å². The first-order chi connectivity index (χ1) is 17.3. The molecule has 1 aliphatic rings. The van der Waals surface area contributed by atoms with Crippen molar-refractivity contribution in [3.63, 3.8) is 0 Å². The number of ether oxygens (including phenoxy) is 2. The van der Waals surface area contributed by atoms with Crippen LogP contribution in [0.1, 0.15) is 16.7 Å². The Morgan fingerprint density at radius 2 is 1.86 bits per heavy atom. The van der Waals surface area contributed by atoms with Gasteiger partial charge in [0.25, 0.3) is 17.1 Å². The summed E-state index contributed by atoms with van der Waals surface area (Å²) in [5.74, 6) is 0.0928. The minimum absolute atomic E-state index is 0.142. The SMILES string of the molecule is COc1cc(/C=C2\SC(=O)N(Cc3cccc(Cl)c3)C2=O)ccc1OCC(=O)Nc1ccccc1C. The zero-order valence-corrected chi connectivity index (χ0v) is 21.2. The van der Waals surface area contributed by atoms with E-state index in [1.807, 2.05) is 37.3 Å². The van der Waals surface area contributed by atoms with Gasteiger partial charge >= 0.3 is 0 Å². The van der Waals surface area contributed by atoms with Crippen LogP contribution in [0.4, 0.5) is 10.5 Å². The highest BCUT2D eigenvalue weighted by Crippen LogP contribution is 2.35. The van der Waals surface area contributed by atoms with E-state index in [9.17, 15) is 14.4 Å². The van der Waals surface area contributed by atoms with E-state index in [0.717, 1.165) is 28.6 Å². The maximum Gasteiger partial charge on any atom is 0.293 e. The summed E-state index contributed by atoms with van der Waals surface area (Å²) in [6.45, 7) is 1.85. The van der Waals surface area contributed by atoms with E-state index in [1.54, 1.807) is 42.5 Å². The lowest BCUT2D eigenvalue weighted by Gasteiger charge is -2.13. The Bertz CT molecular complexity index is 1360. The summed E-state index contributed by atoms with van der Waals surface area (Å²) in [5.41, 5.74) is 3.08. The number of amides is 3. The fraction of sp³-hybridized carbons (Fsp3) is 0.148. The van der Waals surface area contributed by atoms with E-state index in [4.69, 9.17) is 21.1 Å². The molecule has 0 saturated carbocycles. The number of anilines is 1. The van der Waals surface area contributed by atoms with Crippen molar-refractivity contribution in [2.75, 3.05) is 19.0 Å². The number of rotatable bonds is 8. The maximum atomic E-state index is 12.9. The molecule has 1 saturated heterocycles. The first kappa shape index (κ1) is 25.3. The molecule has 3 aromatic carbocycles. The lowest BCUT2D eigenvalue weighted by Crippen LogP contribution is -2.27. The highest BCUT2D eigenvalue weighted by Gasteiger charge is 2.35. The van der Waals surface area contributed by atoms with E-state index in [1.165, 1.54) is 12.0 Å².